The zero-order valence-electron chi connectivity index (χ0n) is 11.2. The van der Waals surface area contributed by atoms with E-state index in [2.05, 4.69) is 15.2 Å². The van der Waals surface area contributed by atoms with Crippen LogP contribution in [0.4, 0.5) is 11.5 Å². The highest BCUT2D eigenvalue weighted by Gasteiger charge is 2.06. The summed E-state index contributed by atoms with van der Waals surface area (Å²) in [6.45, 7) is 3.88. The van der Waals surface area contributed by atoms with Gasteiger partial charge in [-0.15, -0.1) is 10.2 Å². The van der Waals surface area contributed by atoms with E-state index in [-0.39, 0.29) is 0 Å². The van der Waals surface area contributed by atoms with Crippen molar-refractivity contribution in [3.63, 3.8) is 0 Å². The molecule has 0 unspecified atom stereocenters. The van der Waals surface area contributed by atoms with Crippen LogP contribution in [0.15, 0.2) is 52.8 Å². The van der Waals surface area contributed by atoms with Crippen LogP contribution in [-0.4, -0.2) is 9.38 Å². The Hall–Kier alpha value is -2.20. The van der Waals surface area contributed by atoms with E-state index in [1.165, 1.54) is 0 Å². The lowest BCUT2D eigenvalue weighted by Crippen LogP contribution is -1.80. The average Bonchev–Trinajstić information content (AvgIpc) is 2.76. The fraction of sp³-hybridized carbons (Fsp3) is 0.133. The van der Waals surface area contributed by atoms with Crippen molar-refractivity contribution in [1.29, 1.82) is 0 Å². The van der Waals surface area contributed by atoms with E-state index in [1.54, 1.807) is 6.07 Å². The third kappa shape index (κ3) is 2.30. The maximum absolute atomic E-state index is 6.08. The van der Waals surface area contributed by atoms with Gasteiger partial charge in [-0.25, -0.2) is 4.98 Å². The molecule has 5 heteroatoms. The average molecular weight is 285 g/mol. The lowest BCUT2D eigenvalue weighted by Gasteiger charge is -1.98. The standard InChI is InChI=1S/C15H13ClN4/c1-10-6-7-12(9-13(10)16)18-19-15-11(2)17-14-5-3-4-8-20(14)15/h3-9H,1-2H3. The summed E-state index contributed by atoms with van der Waals surface area (Å²) in [5.41, 5.74) is 3.46. The third-order valence-electron chi connectivity index (χ3n) is 3.09. The van der Waals surface area contributed by atoms with Crippen LogP contribution in [-0.2, 0) is 0 Å². The van der Waals surface area contributed by atoms with E-state index in [0.29, 0.717) is 5.02 Å². The topological polar surface area (TPSA) is 42.0 Å². The summed E-state index contributed by atoms with van der Waals surface area (Å²) in [5.74, 6) is 0.734. The first-order valence-electron chi connectivity index (χ1n) is 6.27. The molecular weight excluding hydrogens is 272 g/mol. The van der Waals surface area contributed by atoms with Crippen molar-refractivity contribution in [1.82, 2.24) is 9.38 Å². The Morgan fingerprint density at radius 3 is 2.75 bits per heavy atom. The molecule has 0 spiro atoms. The van der Waals surface area contributed by atoms with Crippen LogP contribution in [0.2, 0.25) is 5.02 Å². The van der Waals surface area contributed by atoms with Gasteiger partial charge in [0.25, 0.3) is 0 Å². The molecule has 0 saturated heterocycles. The van der Waals surface area contributed by atoms with Crippen LogP contribution >= 0.6 is 11.6 Å². The number of hydrogen-bond donors (Lipinski definition) is 0. The van der Waals surface area contributed by atoms with Crippen LogP contribution in [0.1, 0.15) is 11.3 Å². The summed E-state index contributed by atoms with van der Waals surface area (Å²) in [4.78, 5) is 4.44. The minimum absolute atomic E-state index is 0.691. The Morgan fingerprint density at radius 2 is 1.95 bits per heavy atom. The fourth-order valence-corrected chi connectivity index (χ4v) is 2.14. The lowest BCUT2D eigenvalue weighted by atomic mass is 10.2. The van der Waals surface area contributed by atoms with Crippen molar-refractivity contribution in [2.45, 2.75) is 13.8 Å². The van der Waals surface area contributed by atoms with Crippen LogP contribution in [0, 0.1) is 13.8 Å². The molecular formula is C15H13ClN4. The van der Waals surface area contributed by atoms with E-state index in [0.717, 1.165) is 28.4 Å². The molecule has 2 aromatic heterocycles. The largest absolute Gasteiger partial charge is 0.283 e. The molecule has 4 nitrogen and oxygen atoms in total. The summed E-state index contributed by atoms with van der Waals surface area (Å²) < 4.78 is 1.91. The molecule has 100 valence electrons. The summed E-state index contributed by atoms with van der Waals surface area (Å²) in [6, 6.07) is 11.5. The first-order chi connectivity index (χ1) is 9.65. The predicted octanol–water partition coefficient (Wildman–Crippen LogP) is 5.02. The lowest BCUT2D eigenvalue weighted by molar-refractivity contribution is 1.09. The van der Waals surface area contributed by atoms with E-state index in [9.17, 15) is 0 Å². The molecule has 0 aliphatic heterocycles. The van der Waals surface area contributed by atoms with Crippen molar-refractivity contribution in [3.8, 4) is 0 Å². The van der Waals surface area contributed by atoms with Gasteiger partial charge in [0.05, 0.1) is 11.4 Å². The fourth-order valence-electron chi connectivity index (χ4n) is 1.97. The Bertz CT molecular complexity index is 805. The van der Waals surface area contributed by atoms with E-state index in [4.69, 9.17) is 11.6 Å². The molecule has 0 fully saturated rings. The van der Waals surface area contributed by atoms with Gasteiger partial charge in [0, 0.05) is 11.2 Å². The SMILES string of the molecule is Cc1ccc(N=Nc2c(C)nc3ccccn23)cc1Cl. The number of aromatic nitrogens is 2. The Balaban J connectivity index is 2.02. The Labute approximate surface area is 121 Å². The van der Waals surface area contributed by atoms with Gasteiger partial charge in [0.2, 0.25) is 0 Å². The van der Waals surface area contributed by atoms with Crippen molar-refractivity contribution >= 4 is 28.8 Å². The number of hydrogen-bond acceptors (Lipinski definition) is 3. The van der Waals surface area contributed by atoms with Gasteiger partial charge in [-0.2, -0.15) is 0 Å². The van der Waals surface area contributed by atoms with Crippen molar-refractivity contribution in [2.24, 2.45) is 10.2 Å². The molecule has 1 aromatic carbocycles. The summed E-state index contributed by atoms with van der Waals surface area (Å²) in [5, 5.41) is 9.23. The van der Waals surface area contributed by atoms with E-state index in [1.807, 2.05) is 54.8 Å². The van der Waals surface area contributed by atoms with Gasteiger partial charge in [-0.3, -0.25) is 4.40 Å². The first-order valence-corrected chi connectivity index (χ1v) is 6.64. The number of azo groups is 1. The number of nitrogens with zero attached hydrogens (tertiary/aromatic N) is 4. The first kappa shape index (κ1) is 12.8. The monoisotopic (exact) mass is 284 g/mol. The van der Waals surface area contributed by atoms with E-state index >= 15 is 0 Å². The number of benzene rings is 1. The van der Waals surface area contributed by atoms with Crippen molar-refractivity contribution < 1.29 is 0 Å². The highest BCUT2D eigenvalue weighted by atomic mass is 35.5. The second kappa shape index (κ2) is 5.06. The van der Waals surface area contributed by atoms with Gasteiger partial charge < -0.3 is 0 Å². The summed E-state index contributed by atoms with van der Waals surface area (Å²) in [6.07, 6.45) is 1.92. The Morgan fingerprint density at radius 1 is 1.10 bits per heavy atom. The van der Waals surface area contributed by atoms with Crippen molar-refractivity contribution in [3.05, 3.63) is 58.9 Å². The van der Waals surface area contributed by atoms with Gasteiger partial charge >= 0.3 is 0 Å². The zero-order valence-corrected chi connectivity index (χ0v) is 12.0. The molecule has 2 heterocycles. The van der Waals surface area contributed by atoms with E-state index < -0.39 is 0 Å². The minimum Gasteiger partial charge on any atom is -0.283 e. The summed E-state index contributed by atoms with van der Waals surface area (Å²) >= 11 is 6.08. The smallest absolute Gasteiger partial charge is 0.182 e. The Kier molecular flexibility index (Phi) is 3.24. The molecule has 0 saturated carbocycles. The molecule has 0 atom stereocenters. The number of halogens is 1. The molecule has 0 bridgehead atoms. The number of rotatable bonds is 2. The molecule has 20 heavy (non-hydrogen) atoms. The number of pyridine rings is 1. The van der Waals surface area contributed by atoms with Crippen LogP contribution < -0.4 is 0 Å². The molecule has 0 aliphatic rings. The highest BCUT2D eigenvalue weighted by Crippen LogP contribution is 2.26. The predicted molar refractivity (Wildman–Crippen MR) is 80.3 cm³/mol. The number of fused-ring (bicyclic) bond motifs is 1. The van der Waals surface area contributed by atoms with Gasteiger partial charge in [0.1, 0.15) is 5.65 Å². The normalized spacial score (nSPS) is 11.6. The van der Waals surface area contributed by atoms with Crippen LogP contribution in [0.5, 0.6) is 0 Å². The van der Waals surface area contributed by atoms with Gasteiger partial charge in [-0.1, -0.05) is 23.7 Å². The zero-order chi connectivity index (χ0) is 14.1. The van der Waals surface area contributed by atoms with Gasteiger partial charge in [-0.05, 0) is 43.7 Å². The quantitative estimate of drug-likeness (QED) is 0.609. The second-order valence-electron chi connectivity index (χ2n) is 4.58. The molecule has 3 rings (SSSR count). The van der Waals surface area contributed by atoms with Gasteiger partial charge in [0.15, 0.2) is 5.82 Å². The maximum Gasteiger partial charge on any atom is 0.182 e. The minimum atomic E-state index is 0.691. The summed E-state index contributed by atoms with van der Waals surface area (Å²) in [7, 11) is 0. The molecule has 3 aromatic rings. The molecule has 0 amide bonds. The molecule has 0 N–H and O–H groups in total. The van der Waals surface area contributed by atoms with Crippen LogP contribution in [0.3, 0.4) is 0 Å². The number of imidazole rings is 1. The molecule has 0 radical (unpaired) electrons. The van der Waals surface area contributed by atoms with Crippen LogP contribution in [0.25, 0.3) is 5.65 Å². The second-order valence-corrected chi connectivity index (χ2v) is 4.99. The maximum atomic E-state index is 6.08. The van der Waals surface area contributed by atoms with Crippen molar-refractivity contribution in [2.75, 3.05) is 0 Å². The highest BCUT2D eigenvalue weighted by molar-refractivity contribution is 6.31. The third-order valence-corrected chi connectivity index (χ3v) is 3.50. The molecule has 0 aliphatic carbocycles. The number of aryl methyl sites for hydroxylation is 2.